The normalized spacial score (nSPS) is 10.5. The van der Waals surface area contributed by atoms with E-state index >= 15 is 0 Å². The summed E-state index contributed by atoms with van der Waals surface area (Å²) in [6.07, 6.45) is 1.60. The first-order valence-electron chi connectivity index (χ1n) is 5.30. The molecule has 0 atom stereocenters. The highest BCUT2D eigenvalue weighted by Crippen LogP contribution is 2.25. The molecule has 0 aliphatic rings. The van der Waals surface area contributed by atoms with Crippen LogP contribution in [0.2, 0.25) is 0 Å². The van der Waals surface area contributed by atoms with Crippen LogP contribution in [0, 0.1) is 0 Å². The number of aromatic nitrogens is 1. The highest BCUT2D eigenvalue weighted by molar-refractivity contribution is 9.10. The fraction of sp³-hybridized carbons (Fsp3) is 0.167. The third-order valence-corrected chi connectivity index (χ3v) is 4.56. The number of carboxylic acids is 1. The lowest BCUT2D eigenvalue weighted by Gasteiger charge is -2.19. The summed E-state index contributed by atoms with van der Waals surface area (Å²) in [6, 6.07) is 3.58. The van der Waals surface area contributed by atoms with Crippen LogP contribution in [-0.2, 0) is 6.54 Å². The molecule has 2 rings (SSSR count). The predicted octanol–water partition coefficient (Wildman–Crippen LogP) is 4.00. The second-order valence-electron chi connectivity index (χ2n) is 3.92. The van der Waals surface area contributed by atoms with Crippen molar-refractivity contribution >= 4 is 55.0 Å². The maximum atomic E-state index is 11.2. The van der Waals surface area contributed by atoms with Crippen LogP contribution in [0.25, 0.3) is 0 Å². The first-order chi connectivity index (χ1) is 8.97. The van der Waals surface area contributed by atoms with E-state index < -0.39 is 5.97 Å². The summed E-state index contributed by atoms with van der Waals surface area (Å²) in [5.74, 6) is -0.525. The molecule has 0 radical (unpaired) electrons. The van der Waals surface area contributed by atoms with Gasteiger partial charge in [-0.05, 0) is 44.0 Å². The molecule has 2 heterocycles. The maximum Gasteiger partial charge on any atom is 0.339 e. The van der Waals surface area contributed by atoms with Crippen LogP contribution in [0.5, 0.6) is 0 Å². The van der Waals surface area contributed by atoms with Crippen LogP contribution in [0.4, 0.5) is 5.82 Å². The Morgan fingerprint density at radius 1 is 1.42 bits per heavy atom. The summed E-state index contributed by atoms with van der Waals surface area (Å²) in [5.41, 5.74) is 0.187. The molecule has 4 nitrogen and oxygen atoms in total. The van der Waals surface area contributed by atoms with E-state index in [2.05, 4.69) is 36.8 Å². The van der Waals surface area contributed by atoms with E-state index in [1.54, 1.807) is 23.6 Å². The summed E-state index contributed by atoms with van der Waals surface area (Å²) in [7, 11) is 1.83. The number of hydrogen-bond donors (Lipinski definition) is 1. The van der Waals surface area contributed by atoms with E-state index in [1.807, 2.05) is 23.4 Å². The fourth-order valence-corrected chi connectivity index (χ4v) is 3.47. The first-order valence-corrected chi connectivity index (χ1v) is 7.77. The van der Waals surface area contributed by atoms with E-state index in [1.165, 1.54) is 0 Å². The van der Waals surface area contributed by atoms with Crippen LogP contribution < -0.4 is 4.90 Å². The average molecular weight is 406 g/mol. The summed E-state index contributed by atoms with van der Waals surface area (Å²) in [5, 5.41) is 11.2. The zero-order valence-electron chi connectivity index (χ0n) is 9.93. The largest absolute Gasteiger partial charge is 0.478 e. The zero-order chi connectivity index (χ0) is 14.0. The minimum Gasteiger partial charge on any atom is -0.478 e. The van der Waals surface area contributed by atoms with Gasteiger partial charge >= 0.3 is 5.97 Å². The van der Waals surface area contributed by atoms with Crippen molar-refractivity contribution in [3.8, 4) is 0 Å². The smallest absolute Gasteiger partial charge is 0.339 e. The van der Waals surface area contributed by atoms with Crippen molar-refractivity contribution in [2.24, 2.45) is 0 Å². The number of carbonyl (C=O) groups is 1. The fourth-order valence-electron chi connectivity index (χ4n) is 1.64. The number of rotatable bonds is 4. The lowest BCUT2D eigenvalue weighted by atomic mass is 10.2. The number of nitrogens with zero attached hydrogens (tertiary/aromatic N) is 2. The molecule has 19 heavy (non-hydrogen) atoms. The molecule has 2 aromatic heterocycles. The van der Waals surface area contributed by atoms with Gasteiger partial charge in [0.25, 0.3) is 0 Å². The van der Waals surface area contributed by atoms with Crippen LogP contribution in [0.3, 0.4) is 0 Å². The molecule has 0 fully saturated rings. The third-order valence-electron chi connectivity index (χ3n) is 2.44. The topological polar surface area (TPSA) is 53.4 Å². The molecule has 0 unspecified atom stereocenters. The Kier molecular flexibility index (Phi) is 4.59. The van der Waals surface area contributed by atoms with Gasteiger partial charge in [0.2, 0.25) is 0 Å². The second kappa shape index (κ2) is 6.02. The quantitative estimate of drug-likeness (QED) is 0.834. The van der Waals surface area contributed by atoms with Gasteiger partial charge in [-0.25, -0.2) is 9.78 Å². The van der Waals surface area contributed by atoms with E-state index in [0.29, 0.717) is 16.8 Å². The van der Waals surface area contributed by atoms with Crippen molar-refractivity contribution < 1.29 is 9.90 Å². The molecule has 7 heteroatoms. The first kappa shape index (κ1) is 14.5. The lowest BCUT2D eigenvalue weighted by Crippen LogP contribution is -2.20. The molecular formula is C12H10Br2N2O2S. The molecule has 0 aliphatic heterocycles. The molecule has 0 saturated heterocycles. The second-order valence-corrected chi connectivity index (χ2v) is 6.74. The van der Waals surface area contributed by atoms with Crippen LogP contribution in [-0.4, -0.2) is 23.1 Å². The molecule has 0 spiro atoms. The van der Waals surface area contributed by atoms with Gasteiger partial charge in [-0.3, -0.25) is 0 Å². The summed E-state index contributed by atoms with van der Waals surface area (Å²) in [4.78, 5) is 18.4. The minimum atomic E-state index is -0.983. The number of hydrogen-bond acceptors (Lipinski definition) is 4. The molecule has 0 aromatic carbocycles. The van der Waals surface area contributed by atoms with Crippen molar-refractivity contribution in [1.29, 1.82) is 0 Å². The number of pyridine rings is 1. The molecule has 2 aromatic rings. The number of carboxylic acid groups (broad SMARTS) is 1. The monoisotopic (exact) mass is 404 g/mol. The van der Waals surface area contributed by atoms with E-state index in [-0.39, 0.29) is 5.56 Å². The van der Waals surface area contributed by atoms with Crippen molar-refractivity contribution in [3.63, 3.8) is 0 Å². The van der Waals surface area contributed by atoms with Gasteiger partial charge in [0, 0.05) is 32.4 Å². The van der Waals surface area contributed by atoms with Gasteiger partial charge in [-0.1, -0.05) is 0 Å². The standard InChI is InChI=1S/C12H10Br2N2O2S/c1-16(5-9-2-8(14)6-19-9)11-10(12(17)18)3-7(13)4-15-11/h2-4,6H,5H2,1H3,(H,17,18). The third kappa shape index (κ3) is 3.55. The molecular weight excluding hydrogens is 396 g/mol. The predicted molar refractivity (Wildman–Crippen MR) is 83.0 cm³/mol. The lowest BCUT2D eigenvalue weighted by molar-refractivity contribution is 0.0697. The van der Waals surface area contributed by atoms with Gasteiger partial charge in [0.1, 0.15) is 11.4 Å². The van der Waals surface area contributed by atoms with E-state index in [0.717, 1.165) is 9.35 Å². The van der Waals surface area contributed by atoms with Crippen molar-refractivity contribution in [2.45, 2.75) is 6.54 Å². The molecule has 0 bridgehead atoms. The van der Waals surface area contributed by atoms with Gasteiger partial charge in [-0.15, -0.1) is 11.3 Å². The van der Waals surface area contributed by atoms with Gasteiger partial charge < -0.3 is 10.0 Å². The Labute approximate surface area is 131 Å². The highest BCUT2D eigenvalue weighted by Gasteiger charge is 2.16. The Balaban J connectivity index is 2.28. The van der Waals surface area contributed by atoms with E-state index in [4.69, 9.17) is 0 Å². The average Bonchev–Trinajstić information content (AvgIpc) is 2.74. The van der Waals surface area contributed by atoms with Crippen LogP contribution >= 0.6 is 43.2 Å². The molecule has 0 aliphatic carbocycles. The van der Waals surface area contributed by atoms with Crippen molar-refractivity contribution in [1.82, 2.24) is 4.98 Å². The van der Waals surface area contributed by atoms with Gasteiger partial charge in [-0.2, -0.15) is 0 Å². The highest BCUT2D eigenvalue weighted by atomic mass is 79.9. The number of thiophene rings is 1. The Morgan fingerprint density at radius 3 is 2.74 bits per heavy atom. The molecule has 0 saturated carbocycles. The summed E-state index contributed by atoms with van der Waals surface area (Å²) in [6.45, 7) is 0.616. The molecule has 100 valence electrons. The number of aromatic carboxylic acids is 1. The SMILES string of the molecule is CN(Cc1cc(Br)cs1)c1ncc(Br)cc1C(=O)O. The number of halogens is 2. The van der Waals surface area contributed by atoms with Crippen LogP contribution in [0.15, 0.2) is 32.7 Å². The molecule has 0 amide bonds. The minimum absolute atomic E-state index is 0.187. The van der Waals surface area contributed by atoms with Crippen LogP contribution in [0.1, 0.15) is 15.2 Å². The Hall–Kier alpha value is -0.920. The summed E-state index contributed by atoms with van der Waals surface area (Å²) < 4.78 is 1.68. The Morgan fingerprint density at radius 2 is 2.16 bits per heavy atom. The number of anilines is 1. The van der Waals surface area contributed by atoms with Crippen molar-refractivity contribution in [2.75, 3.05) is 11.9 Å². The van der Waals surface area contributed by atoms with Gasteiger partial charge in [0.15, 0.2) is 0 Å². The maximum absolute atomic E-state index is 11.2. The van der Waals surface area contributed by atoms with E-state index in [9.17, 15) is 9.90 Å². The Bertz CT molecular complexity index is 616. The molecule has 1 N–H and O–H groups in total. The van der Waals surface area contributed by atoms with Gasteiger partial charge in [0.05, 0.1) is 6.54 Å². The van der Waals surface area contributed by atoms with Crippen molar-refractivity contribution in [3.05, 3.63) is 43.1 Å². The zero-order valence-corrected chi connectivity index (χ0v) is 13.9. The summed E-state index contributed by atoms with van der Waals surface area (Å²) >= 11 is 8.25.